The SMILES string of the molecule is CCc1nc(-c2ccc(Cl)cc2)oc1CC#N. The highest BCUT2D eigenvalue weighted by atomic mass is 35.5. The number of hydrogen-bond donors (Lipinski definition) is 0. The Kier molecular flexibility index (Phi) is 3.46. The first-order valence-corrected chi connectivity index (χ1v) is 5.74. The number of nitrogens with zero attached hydrogens (tertiary/aromatic N) is 2. The van der Waals surface area contributed by atoms with Crippen LogP contribution in [0.2, 0.25) is 5.02 Å². The van der Waals surface area contributed by atoms with Crippen molar-refractivity contribution in [2.75, 3.05) is 0 Å². The lowest BCUT2D eigenvalue weighted by Crippen LogP contribution is -1.87. The molecule has 0 fully saturated rings. The minimum atomic E-state index is 0.254. The van der Waals surface area contributed by atoms with Crippen LogP contribution < -0.4 is 0 Å². The smallest absolute Gasteiger partial charge is 0.226 e. The van der Waals surface area contributed by atoms with E-state index in [1.807, 2.05) is 19.1 Å². The predicted octanol–water partition coefficient (Wildman–Crippen LogP) is 3.62. The molecule has 4 heteroatoms. The predicted molar refractivity (Wildman–Crippen MR) is 65.6 cm³/mol. The highest BCUT2D eigenvalue weighted by molar-refractivity contribution is 6.30. The number of aryl methyl sites for hydroxylation is 1. The van der Waals surface area contributed by atoms with Gasteiger partial charge in [-0.05, 0) is 30.7 Å². The molecule has 2 aromatic rings. The van der Waals surface area contributed by atoms with E-state index in [0.717, 1.165) is 17.7 Å². The normalized spacial score (nSPS) is 10.2. The lowest BCUT2D eigenvalue weighted by molar-refractivity contribution is 0.529. The number of aromatic nitrogens is 1. The third kappa shape index (κ3) is 2.48. The summed E-state index contributed by atoms with van der Waals surface area (Å²) in [6, 6.07) is 9.36. The van der Waals surface area contributed by atoms with Crippen LogP contribution in [0.15, 0.2) is 28.7 Å². The van der Waals surface area contributed by atoms with E-state index in [4.69, 9.17) is 21.3 Å². The first-order valence-electron chi connectivity index (χ1n) is 5.36. The first kappa shape index (κ1) is 11.7. The van der Waals surface area contributed by atoms with E-state index in [9.17, 15) is 0 Å². The minimum Gasteiger partial charge on any atom is -0.440 e. The molecule has 0 N–H and O–H groups in total. The Morgan fingerprint density at radius 3 is 2.65 bits per heavy atom. The number of benzene rings is 1. The maximum Gasteiger partial charge on any atom is 0.226 e. The van der Waals surface area contributed by atoms with Gasteiger partial charge in [-0.2, -0.15) is 5.26 Å². The molecule has 0 atom stereocenters. The van der Waals surface area contributed by atoms with Crippen LogP contribution >= 0.6 is 11.6 Å². The van der Waals surface area contributed by atoms with Gasteiger partial charge in [-0.15, -0.1) is 0 Å². The van der Waals surface area contributed by atoms with Crippen LogP contribution in [0.4, 0.5) is 0 Å². The van der Waals surface area contributed by atoms with Crippen LogP contribution in [0.3, 0.4) is 0 Å². The Hall–Kier alpha value is -1.79. The molecule has 0 saturated carbocycles. The molecule has 0 unspecified atom stereocenters. The summed E-state index contributed by atoms with van der Waals surface area (Å²) < 4.78 is 5.60. The van der Waals surface area contributed by atoms with Gasteiger partial charge in [-0.1, -0.05) is 18.5 Å². The van der Waals surface area contributed by atoms with Crippen LogP contribution in [-0.4, -0.2) is 4.98 Å². The van der Waals surface area contributed by atoms with E-state index in [2.05, 4.69) is 11.1 Å². The molecule has 0 aliphatic heterocycles. The maximum atomic E-state index is 8.70. The Morgan fingerprint density at radius 1 is 1.35 bits per heavy atom. The number of oxazole rings is 1. The second kappa shape index (κ2) is 5.03. The molecule has 0 aliphatic carbocycles. The summed E-state index contributed by atoms with van der Waals surface area (Å²) in [7, 11) is 0. The van der Waals surface area contributed by atoms with E-state index < -0.39 is 0 Å². The lowest BCUT2D eigenvalue weighted by atomic mass is 10.2. The standard InChI is InChI=1S/C13H11ClN2O/c1-2-11-12(7-8-15)17-13(16-11)9-3-5-10(14)6-4-9/h3-6H,2,7H2,1H3. The number of rotatable bonds is 3. The quantitative estimate of drug-likeness (QED) is 0.831. The molecule has 0 bridgehead atoms. The van der Waals surface area contributed by atoms with Gasteiger partial charge in [-0.25, -0.2) is 4.98 Å². The van der Waals surface area contributed by atoms with Crippen LogP contribution in [0.1, 0.15) is 18.4 Å². The van der Waals surface area contributed by atoms with Gasteiger partial charge in [0.05, 0.1) is 18.2 Å². The van der Waals surface area contributed by atoms with Crippen LogP contribution in [0, 0.1) is 11.3 Å². The molecule has 0 radical (unpaired) electrons. The zero-order chi connectivity index (χ0) is 12.3. The van der Waals surface area contributed by atoms with E-state index >= 15 is 0 Å². The van der Waals surface area contributed by atoms with E-state index in [1.54, 1.807) is 12.1 Å². The van der Waals surface area contributed by atoms with Gasteiger partial charge >= 0.3 is 0 Å². The Bertz CT molecular complexity index is 552. The zero-order valence-corrected chi connectivity index (χ0v) is 10.2. The maximum absolute atomic E-state index is 8.70. The van der Waals surface area contributed by atoms with Crippen LogP contribution in [0.5, 0.6) is 0 Å². The number of halogens is 1. The van der Waals surface area contributed by atoms with Gasteiger partial charge in [0.1, 0.15) is 5.76 Å². The molecule has 17 heavy (non-hydrogen) atoms. The molecule has 86 valence electrons. The summed E-state index contributed by atoms with van der Waals surface area (Å²) >= 11 is 5.82. The van der Waals surface area contributed by atoms with E-state index in [0.29, 0.717) is 16.7 Å². The van der Waals surface area contributed by atoms with Gasteiger partial charge in [0, 0.05) is 10.6 Å². The van der Waals surface area contributed by atoms with E-state index in [-0.39, 0.29) is 6.42 Å². The van der Waals surface area contributed by atoms with Crippen molar-refractivity contribution in [1.29, 1.82) is 5.26 Å². The third-order valence-corrected chi connectivity index (χ3v) is 2.70. The molecule has 0 aliphatic rings. The average Bonchev–Trinajstić information content (AvgIpc) is 2.74. The molecular weight excluding hydrogens is 236 g/mol. The first-order chi connectivity index (χ1) is 8.24. The van der Waals surface area contributed by atoms with Crippen LogP contribution in [-0.2, 0) is 12.8 Å². The molecule has 1 aromatic carbocycles. The zero-order valence-electron chi connectivity index (χ0n) is 9.40. The summed E-state index contributed by atoms with van der Waals surface area (Å²) in [6.07, 6.45) is 1.01. The average molecular weight is 247 g/mol. The Morgan fingerprint density at radius 2 is 2.06 bits per heavy atom. The third-order valence-electron chi connectivity index (χ3n) is 2.44. The number of hydrogen-bond acceptors (Lipinski definition) is 3. The van der Waals surface area contributed by atoms with Crippen molar-refractivity contribution in [3.63, 3.8) is 0 Å². The monoisotopic (exact) mass is 246 g/mol. The molecule has 1 heterocycles. The van der Waals surface area contributed by atoms with Crippen LogP contribution in [0.25, 0.3) is 11.5 Å². The Labute approximate surface area is 105 Å². The summed E-state index contributed by atoms with van der Waals surface area (Å²) in [6.45, 7) is 1.99. The minimum absolute atomic E-state index is 0.254. The van der Waals surface area contributed by atoms with Crippen molar-refractivity contribution in [2.45, 2.75) is 19.8 Å². The molecule has 1 aromatic heterocycles. The van der Waals surface area contributed by atoms with Crippen molar-refractivity contribution in [2.24, 2.45) is 0 Å². The molecule has 0 spiro atoms. The lowest BCUT2D eigenvalue weighted by Gasteiger charge is -1.94. The second-order valence-corrected chi connectivity index (χ2v) is 4.02. The number of nitriles is 1. The summed E-state index contributed by atoms with van der Waals surface area (Å²) in [4.78, 5) is 4.39. The fraction of sp³-hybridized carbons (Fsp3) is 0.231. The van der Waals surface area contributed by atoms with Crippen molar-refractivity contribution in [3.8, 4) is 17.5 Å². The van der Waals surface area contributed by atoms with Crippen molar-refractivity contribution < 1.29 is 4.42 Å². The second-order valence-electron chi connectivity index (χ2n) is 3.58. The van der Waals surface area contributed by atoms with Gasteiger partial charge in [0.25, 0.3) is 0 Å². The van der Waals surface area contributed by atoms with Crippen molar-refractivity contribution in [1.82, 2.24) is 4.98 Å². The molecule has 2 rings (SSSR count). The molecule has 3 nitrogen and oxygen atoms in total. The van der Waals surface area contributed by atoms with E-state index in [1.165, 1.54) is 0 Å². The molecule has 0 saturated heterocycles. The molecule has 0 amide bonds. The fourth-order valence-electron chi connectivity index (χ4n) is 1.59. The van der Waals surface area contributed by atoms with Gasteiger partial charge in [0.15, 0.2) is 0 Å². The molecular formula is C13H11ClN2O. The topological polar surface area (TPSA) is 49.8 Å². The Balaban J connectivity index is 2.39. The summed E-state index contributed by atoms with van der Waals surface area (Å²) in [5.41, 5.74) is 1.71. The summed E-state index contributed by atoms with van der Waals surface area (Å²) in [5, 5.41) is 9.37. The highest BCUT2D eigenvalue weighted by Gasteiger charge is 2.12. The van der Waals surface area contributed by atoms with Crippen molar-refractivity contribution >= 4 is 11.6 Å². The van der Waals surface area contributed by atoms with Gasteiger partial charge in [-0.3, -0.25) is 0 Å². The van der Waals surface area contributed by atoms with Gasteiger partial charge < -0.3 is 4.42 Å². The van der Waals surface area contributed by atoms with Gasteiger partial charge in [0.2, 0.25) is 5.89 Å². The highest BCUT2D eigenvalue weighted by Crippen LogP contribution is 2.24. The largest absolute Gasteiger partial charge is 0.440 e. The van der Waals surface area contributed by atoms with Crippen molar-refractivity contribution in [3.05, 3.63) is 40.7 Å². The fourth-order valence-corrected chi connectivity index (χ4v) is 1.71. The summed E-state index contributed by atoms with van der Waals surface area (Å²) in [5.74, 6) is 1.20.